The minimum atomic E-state index is 0. The van der Waals surface area contributed by atoms with Crippen LogP contribution in [-0.4, -0.2) is 61.7 Å². The number of ether oxygens (including phenoxy) is 1. The van der Waals surface area contributed by atoms with Crippen molar-refractivity contribution in [1.82, 2.24) is 15.5 Å². The summed E-state index contributed by atoms with van der Waals surface area (Å²) in [5.74, 6) is 0.758. The average Bonchev–Trinajstić information content (AvgIpc) is 2.50. The smallest absolute Gasteiger partial charge is 0.243 e. The van der Waals surface area contributed by atoms with Crippen LogP contribution in [0.5, 0.6) is 0 Å². The van der Waals surface area contributed by atoms with E-state index in [1.54, 1.807) is 19.0 Å². The largest absolute Gasteiger partial charge is 0.375 e. The molecule has 1 spiro atoms. The third kappa shape index (κ3) is 6.06. The van der Waals surface area contributed by atoms with Crippen molar-refractivity contribution in [2.24, 2.45) is 4.99 Å². The monoisotopic (exact) mass is 452 g/mol. The van der Waals surface area contributed by atoms with E-state index in [-0.39, 0.29) is 42.0 Å². The molecule has 24 heavy (non-hydrogen) atoms. The normalized spacial score (nSPS) is 23.7. The number of hydrogen-bond acceptors (Lipinski definition) is 3. The molecule has 1 aliphatic heterocycles. The Hall–Kier alpha value is -0.570. The molecule has 0 aromatic rings. The van der Waals surface area contributed by atoms with Crippen LogP contribution >= 0.6 is 24.0 Å². The Balaban J connectivity index is 0.00000288. The number of nitrogens with zero attached hydrogens (tertiary/aromatic N) is 2. The maximum absolute atomic E-state index is 11.8. The molecule has 1 saturated heterocycles. The van der Waals surface area contributed by atoms with E-state index in [0.717, 1.165) is 31.8 Å². The lowest BCUT2D eigenvalue weighted by atomic mass is 9.74. The third-order valence-electron chi connectivity index (χ3n) is 4.97. The molecule has 2 N–H and O–H groups in total. The van der Waals surface area contributed by atoms with Gasteiger partial charge in [0.05, 0.1) is 5.60 Å². The number of carbonyl (C=O) groups is 1. The van der Waals surface area contributed by atoms with Gasteiger partial charge in [0.25, 0.3) is 0 Å². The third-order valence-corrected chi connectivity index (χ3v) is 4.97. The lowest BCUT2D eigenvalue weighted by molar-refractivity contribution is -0.134. The van der Waals surface area contributed by atoms with Crippen molar-refractivity contribution in [2.75, 3.05) is 27.2 Å². The summed E-state index contributed by atoms with van der Waals surface area (Å²) in [6, 6.07) is 0.696. The molecule has 7 heteroatoms. The number of guanidine groups is 1. The summed E-state index contributed by atoms with van der Waals surface area (Å²) in [6.07, 6.45) is 6.67. The van der Waals surface area contributed by atoms with Crippen LogP contribution in [0.1, 0.15) is 52.4 Å². The second-order valence-corrected chi connectivity index (χ2v) is 7.13. The maximum Gasteiger partial charge on any atom is 0.243 e. The molecule has 2 fully saturated rings. The minimum Gasteiger partial charge on any atom is -0.375 e. The summed E-state index contributed by atoms with van der Waals surface area (Å²) in [5.41, 5.74) is 0.108. The predicted octanol–water partition coefficient (Wildman–Crippen LogP) is 2.13. The fraction of sp³-hybridized carbons (Fsp3) is 0.882. The topological polar surface area (TPSA) is 66.0 Å². The zero-order valence-electron chi connectivity index (χ0n) is 15.4. The van der Waals surface area contributed by atoms with Gasteiger partial charge in [-0.3, -0.25) is 4.79 Å². The second-order valence-electron chi connectivity index (χ2n) is 7.13. The molecule has 0 radical (unpaired) electrons. The molecule has 2 unspecified atom stereocenters. The first kappa shape index (κ1) is 21.5. The van der Waals surface area contributed by atoms with Crippen LogP contribution in [-0.2, 0) is 9.53 Å². The van der Waals surface area contributed by atoms with Crippen LogP contribution < -0.4 is 10.6 Å². The Kier molecular flexibility index (Phi) is 8.76. The Labute approximate surface area is 163 Å². The first-order valence-electron chi connectivity index (χ1n) is 8.86. The van der Waals surface area contributed by atoms with E-state index in [1.165, 1.54) is 19.3 Å². The molecule has 1 aliphatic carbocycles. The zero-order chi connectivity index (χ0) is 16.9. The predicted molar refractivity (Wildman–Crippen MR) is 108 cm³/mol. The van der Waals surface area contributed by atoms with Gasteiger partial charge < -0.3 is 20.3 Å². The van der Waals surface area contributed by atoms with Gasteiger partial charge in [0.15, 0.2) is 5.96 Å². The lowest BCUT2D eigenvalue weighted by Crippen LogP contribution is -2.54. The molecule has 2 aliphatic rings. The van der Waals surface area contributed by atoms with Gasteiger partial charge in [-0.25, -0.2) is 4.99 Å². The summed E-state index contributed by atoms with van der Waals surface area (Å²) < 4.78 is 5.98. The van der Waals surface area contributed by atoms with E-state index >= 15 is 0 Å². The summed E-state index contributed by atoms with van der Waals surface area (Å²) >= 11 is 0. The van der Waals surface area contributed by atoms with Crippen LogP contribution in [0.4, 0.5) is 0 Å². The van der Waals surface area contributed by atoms with E-state index in [0.29, 0.717) is 12.1 Å². The second kappa shape index (κ2) is 9.79. The highest BCUT2D eigenvalue weighted by atomic mass is 127. The van der Waals surface area contributed by atoms with Crippen molar-refractivity contribution in [3.05, 3.63) is 0 Å². The molecule has 6 nitrogen and oxygen atoms in total. The van der Waals surface area contributed by atoms with E-state index < -0.39 is 0 Å². The first-order chi connectivity index (χ1) is 10.9. The van der Waals surface area contributed by atoms with Crippen LogP contribution in [0, 0.1) is 0 Å². The molecule has 1 heterocycles. The average molecular weight is 452 g/mol. The standard InChI is InChI=1S/C17H32N4O2.HI/c1-5-13(2)19-16(18-12-15(22)21(3)4)20-14-7-10-23-17(11-14)8-6-9-17;/h13-14H,5-12H2,1-4H3,(H2,18,19,20);1H. The number of aliphatic imine (C=N–C) groups is 1. The van der Waals surface area contributed by atoms with E-state index in [4.69, 9.17) is 4.74 Å². The Morgan fingerprint density at radius 2 is 2.12 bits per heavy atom. The summed E-state index contributed by atoms with van der Waals surface area (Å²) in [5, 5.41) is 6.93. The van der Waals surface area contributed by atoms with Crippen LogP contribution in [0.15, 0.2) is 4.99 Å². The Morgan fingerprint density at radius 1 is 1.42 bits per heavy atom. The number of nitrogens with one attached hydrogen (secondary N) is 2. The van der Waals surface area contributed by atoms with E-state index in [1.807, 2.05) is 0 Å². The fourth-order valence-electron chi connectivity index (χ4n) is 3.02. The van der Waals surface area contributed by atoms with Crippen molar-refractivity contribution in [2.45, 2.75) is 70.1 Å². The molecular formula is C17H33IN4O2. The molecular weight excluding hydrogens is 419 g/mol. The number of amides is 1. The molecule has 1 saturated carbocycles. The SMILES string of the molecule is CCC(C)NC(=NCC(=O)N(C)C)NC1CCOC2(CCC2)C1.I. The molecule has 1 amide bonds. The van der Waals surface area contributed by atoms with Crippen molar-refractivity contribution < 1.29 is 9.53 Å². The Morgan fingerprint density at radius 3 is 2.67 bits per heavy atom. The minimum absolute atomic E-state index is 0. The number of carbonyl (C=O) groups excluding carboxylic acids is 1. The van der Waals surface area contributed by atoms with Gasteiger partial charge in [0, 0.05) is 32.8 Å². The molecule has 2 rings (SSSR count). The number of rotatable bonds is 5. The summed E-state index contributed by atoms with van der Waals surface area (Å²) in [4.78, 5) is 17.8. The van der Waals surface area contributed by atoms with Gasteiger partial charge in [0.2, 0.25) is 5.91 Å². The number of hydrogen-bond donors (Lipinski definition) is 2. The van der Waals surface area contributed by atoms with Gasteiger partial charge in [-0.05, 0) is 45.4 Å². The Bertz CT molecular complexity index is 438. The lowest BCUT2D eigenvalue weighted by Gasteiger charge is -2.47. The van der Waals surface area contributed by atoms with Gasteiger partial charge in [0.1, 0.15) is 6.54 Å². The number of likely N-dealkylation sites (N-methyl/N-ethyl adjacent to an activating group) is 1. The van der Waals surface area contributed by atoms with Gasteiger partial charge in [-0.1, -0.05) is 6.92 Å². The van der Waals surface area contributed by atoms with Gasteiger partial charge in [-0.2, -0.15) is 0 Å². The van der Waals surface area contributed by atoms with Crippen molar-refractivity contribution >= 4 is 35.8 Å². The highest BCUT2D eigenvalue weighted by Crippen LogP contribution is 2.42. The molecule has 140 valence electrons. The summed E-state index contributed by atoms with van der Waals surface area (Å²) in [6.45, 7) is 5.25. The maximum atomic E-state index is 11.8. The fourth-order valence-corrected chi connectivity index (χ4v) is 3.02. The van der Waals surface area contributed by atoms with Crippen molar-refractivity contribution in [1.29, 1.82) is 0 Å². The van der Waals surface area contributed by atoms with Crippen molar-refractivity contribution in [3.63, 3.8) is 0 Å². The van der Waals surface area contributed by atoms with Crippen molar-refractivity contribution in [3.8, 4) is 0 Å². The van der Waals surface area contributed by atoms with Gasteiger partial charge in [-0.15, -0.1) is 24.0 Å². The van der Waals surface area contributed by atoms with Crippen LogP contribution in [0.2, 0.25) is 0 Å². The zero-order valence-corrected chi connectivity index (χ0v) is 17.8. The molecule has 0 aromatic heterocycles. The van der Waals surface area contributed by atoms with Crippen LogP contribution in [0.3, 0.4) is 0 Å². The highest BCUT2D eigenvalue weighted by Gasteiger charge is 2.42. The van der Waals surface area contributed by atoms with Crippen LogP contribution in [0.25, 0.3) is 0 Å². The first-order valence-corrected chi connectivity index (χ1v) is 8.86. The molecule has 2 atom stereocenters. The van der Waals surface area contributed by atoms with E-state index in [2.05, 4.69) is 29.5 Å². The molecule has 0 aromatic carbocycles. The van der Waals surface area contributed by atoms with Gasteiger partial charge >= 0.3 is 0 Å². The summed E-state index contributed by atoms with van der Waals surface area (Å²) in [7, 11) is 3.51. The highest BCUT2D eigenvalue weighted by molar-refractivity contribution is 14.0. The number of halogens is 1. The quantitative estimate of drug-likeness (QED) is 0.381. The van der Waals surface area contributed by atoms with E-state index in [9.17, 15) is 4.79 Å². The molecule has 0 bridgehead atoms.